The first-order chi connectivity index (χ1) is 12.7. The van der Waals surface area contributed by atoms with Gasteiger partial charge in [-0.05, 0) is 25.4 Å². The molecule has 0 radical (unpaired) electrons. The first-order valence-electron chi connectivity index (χ1n) is 8.99. The zero-order valence-electron chi connectivity index (χ0n) is 15.8. The normalized spacial score (nSPS) is 19.0. The standard InChI is InChI=1S/C17H32N2O4S3/c1-24-11-7-18-16(20)5-9-22-13-23-10-6-17(21)19-8-12-26-15-4-3-14(15)25-2/h14-15H,3-13H2,1-2H3,(H,18,20)(H,19,21). The Morgan fingerprint density at radius 1 is 0.923 bits per heavy atom. The van der Waals surface area contributed by atoms with E-state index >= 15 is 0 Å². The van der Waals surface area contributed by atoms with E-state index in [0.717, 1.165) is 22.0 Å². The van der Waals surface area contributed by atoms with Crippen LogP contribution >= 0.6 is 35.3 Å². The molecule has 2 atom stereocenters. The van der Waals surface area contributed by atoms with Gasteiger partial charge in [-0.3, -0.25) is 9.59 Å². The Balaban J connectivity index is 1.82. The van der Waals surface area contributed by atoms with Gasteiger partial charge in [-0.1, -0.05) is 0 Å². The summed E-state index contributed by atoms with van der Waals surface area (Å²) in [5.41, 5.74) is 0. The third kappa shape index (κ3) is 11.6. The largest absolute Gasteiger partial charge is 0.355 e. The number of amides is 2. The topological polar surface area (TPSA) is 76.7 Å². The molecule has 0 saturated heterocycles. The van der Waals surface area contributed by atoms with E-state index in [2.05, 4.69) is 16.9 Å². The minimum absolute atomic E-state index is 0.00815. The average Bonchev–Trinajstić information content (AvgIpc) is 2.60. The predicted octanol–water partition coefficient (Wildman–Crippen LogP) is 1.98. The first kappa shape index (κ1) is 23.9. The van der Waals surface area contributed by atoms with Crippen LogP contribution < -0.4 is 10.6 Å². The van der Waals surface area contributed by atoms with Crippen LogP contribution in [0.1, 0.15) is 25.7 Å². The number of nitrogens with one attached hydrogen (secondary N) is 2. The lowest BCUT2D eigenvalue weighted by molar-refractivity contribution is -0.125. The molecule has 152 valence electrons. The van der Waals surface area contributed by atoms with E-state index in [1.165, 1.54) is 12.8 Å². The molecule has 6 nitrogen and oxygen atoms in total. The molecular formula is C17H32N2O4S3. The van der Waals surface area contributed by atoms with Gasteiger partial charge in [-0.25, -0.2) is 0 Å². The highest BCUT2D eigenvalue weighted by atomic mass is 32.2. The van der Waals surface area contributed by atoms with Gasteiger partial charge >= 0.3 is 0 Å². The van der Waals surface area contributed by atoms with Crippen LogP contribution in [0.15, 0.2) is 0 Å². The van der Waals surface area contributed by atoms with Crippen molar-refractivity contribution in [2.75, 3.05) is 57.1 Å². The number of rotatable bonds is 16. The summed E-state index contributed by atoms with van der Waals surface area (Å²) >= 11 is 5.61. The van der Waals surface area contributed by atoms with Crippen molar-refractivity contribution >= 4 is 47.1 Å². The fourth-order valence-corrected chi connectivity index (χ4v) is 5.14. The molecule has 2 unspecified atom stereocenters. The molecule has 1 aliphatic carbocycles. The predicted molar refractivity (Wildman–Crippen MR) is 113 cm³/mol. The monoisotopic (exact) mass is 424 g/mol. The Labute approximate surface area is 170 Å². The number of thioether (sulfide) groups is 3. The van der Waals surface area contributed by atoms with Crippen molar-refractivity contribution in [1.82, 2.24) is 10.6 Å². The average molecular weight is 425 g/mol. The van der Waals surface area contributed by atoms with Crippen molar-refractivity contribution in [3.8, 4) is 0 Å². The molecule has 9 heteroatoms. The summed E-state index contributed by atoms with van der Waals surface area (Å²) in [6.07, 6.45) is 7.46. The van der Waals surface area contributed by atoms with E-state index in [9.17, 15) is 9.59 Å². The second-order valence-electron chi connectivity index (χ2n) is 5.89. The molecule has 1 fully saturated rings. The van der Waals surface area contributed by atoms with Crippen LogP contribution in [0, 0.1) is 0 Å². The molecule has 1 rings (SSSR count). The second kappa shape index (κ2) is 15.9. The quantitative estimate of drug-likeness (QED) is 0.290. The van der Waals surface area contributed by atoms with Gasteiger partial charge in [0.2, 0.25) is 11.8 Å². The molecule has 1 aliphatic rings. The molecule has 0 spiro atoms. The number of carbonyl (C=O) groups excluding carboxylic acids is 2. The van der Waals surface area contributed by atoms with Crippen molar-refractivity contribution in [2.24, 2.45) is 0 Å². The molecule has 0 heterocycles. The van der Waals surface area contributed by atoms with Gasteiger partial charge in [0.05, 0.1) is 26.1 Å². The van der Waals surface area contributed by atoms with Crippen LogP contribution in [-0.2, 0) is 19.1 Å². The van der Waals surface area contributed by atoms with Crippen LogP contribution in [0.3, 0.4) is 0 Å². The van der Waals surface area contributed by atoms with Crippen molar-refractivity contribution in [3.05, 3.63) is 0 Å². The molecule has 1 saturated carbocycles. The Kier molecular flexibility index (Phi) is 14.7. The molecule has 0 aromatic carbocycles. The molecule has 2 amide bonds. The smallest absolute Gasteiger partial charge is 0.222 e. The number of carbonyl (C=O) groups is 2. The zero-order chi connectivity index (χ0) is 19.0. The maximum absolute atomic E-state index is 11.7. The molecule has 0 bridgehead atoms. The number of hydrogen-bond acceptors (Lipinski definition) is 7. The minimum atomic E-state index is -0.0120. The minimum Gasteiger partial charge on any atom is -0.355 e. The van der Waals surface area contributed by atoms with Crippen molar-refractivity contribution in [1.29, 1.82) is 0 Å². The van der Waals surface area contributed by atoms with Crippen LogP contribution in [0.25, 0.3) is 0 Å². The lowest BCUT2D eigenvalue weighted by atomic mass is 9.99. The van der Waals surface area contributed by atoms with E-state index in [0.29, 0.717) is 39.1 Å². The van der Waals surface area contributed by atoms with Gasteiger partial charge in [0.1, 0.15) is 6.79 Å². The Morgan fingerprint density at radius 2 is 1.50 bits per heavy atom. The molecular weight excluding hydrogens is 392 g/mol. The highest BCUT2D eigenvalue weighted by molar-refractivity contribution is 8.03. The summed E-state index contributed by atoms with van der Waals surface area (Å²) in [6.45, 7) is 2.16. The van der Waals surface area contributed by atoms with E-state index in [4.69, 9.17) is 9.47 Å². The van der Waals surface area contributed by atoms with Crippen molar-refractivity contribution in [3.63, 3.8) is 0 Å². The fourth-order valence-electron chi connectivity index (χ4n) is 2.28. The van der Waals surface area contributed by atoms with Gasteiger partial charge in [0.15, 0.2) is 0 Å². The molecule has 0 aromatic rings. The number of hydrogen-bond donors (Lipinski definition) is 2. The lowest BCUT2D eigenvalue weighted by Gasteiger charge is -2.34. The molecule has 0 aliphatic heterocycles. The zero-order valence-corrected chi connectivity index (χ0v) is 18.2. The third-order valence-corrected chi connectivity index (χ3v) is 7.34. The van der Waals surface area contributed by atoms with Crippen molar-refractivity contribution < 1.29 is 19.1 Å². The Bertz CT molecular complexity index is 400. The van der Waals surface area contributed by atoms with Crippen molar-refractivity contribution in [2.45, 2.75) is 36.2 Å². The van der Waals surface area contributed by atoms with E-state index < -0.39 is 0 Å². The Morgan fingerprint density at radius 3 is 2.00 bits per heavy atom. The molecule has 0 aromatic heterocycles. The fraction of sp³-hybridized carbons (Fsp3) is 0.882. The van der Waals surface area contributed by atoms with E-state index in [1.807, 2.05) is 29.8 Å². The van der Waals surface area contributed by atoms with Gasteiger partial charge in [0, 0.05) is 35.1 Å². The van der Waals surface area contributed by atoms with Crippen LogP contribution in [-0.4, -0.2) is 79.4 Å². The lowest BCUT2D eigenvalue weighted by Crippen LogP contribution is -2.33. The maximum atomic E-state index is 11.7. The summed E-state index contributed by atoms with van der Waals surface area (Å²) in [4.78, 5) is 23.1. The SMILES string of the molecule is CSCCNC(=O)CCOCOCCC(=O)NCCSC1CCC1SC. The summed E-state index contributed by atoms with van der Waals surface area (Å²) in [7, 11) is 0. The van der Waals surface area contributed by atoms with Crippen LogP contribution in [0.5, 0.6) is 0 Å². The van der Waals surface area contributed by atoms with Gasteiger partial charge in [-0.15, -0.1) is 0 Å². The van der Waals surface area contributed by atoms with Gasteiger partial charge in [-0.2, -0.15) is 35.3 Å². The van der Waals surface area contributed by atoms with E-state index in [-0.39, 0.29) is 18.6 Å². The molecule has 2 N–H and O–H groups in total. The van der Waals surface area contributed by atoms with Gasteiger partial charge in [0.25, 0.3) is 0 Å². The van der Waals surface area contributed by atoms with Gasteiger partial charge < -0.3 is 20.1 Å². The third-order valence-electron chi connectivity index (χ3n) is 3.95. The summed E-state index contributed by atoms with van der Waals surface area (Å²) in [5, 5.41) is 7.28. The van der Waals surface area contributed by atoms with Crippen LogP contribution in [0.2, 0.25) is 0 Å². The van der Waals surface area contributed by atoms with E-state index in [1.54, 1.807) is 11.8 Å². The first-order valence-corrected chi connectivity index (χ1v) is 12.7. The number of ether oxygens (including phenoxy) is 2. The summed E-state index contributed by atoms with van der Waals surface area (Å²) < 4.78 is 10.5. The van der Waals surface area contributed by atoms with Crippen LogP contribution in [0.4, 0.5) is 0 Å². The summed E-state index contributed by atoms with van der Waals surface area (Å²) in [5.74, 6) is 1.88. The highest BCUT2D eigenvalue weighted by Gasteiger charge is 2.29. The highest BCUT2D eigenvalue weighted by Crippen LogP contribution is 2.38. The molecule has 26 heavy (non-hydrogen) atoms. The maximum Gasteiger partial charge on any atom is 0.222 e. The Hall–Kier alpha value is -0.0900. The second-order valence-corrected chi connectivity index (χ2v) is 9.30. The summed E-state index contributed by atoms with van der Waals surface area (Å²) in [6, 6.07) is 0.